The van der Waals surface area contributed by atoms with Gasteiger partial charge < -0.3 is 15.5 Å². The van der Waals surface area contributed by atoms with Crippen LogP contribution in [0.4, 0.5) is 16.2 Å². The van der Waals surface area contributed by atoms with E-state index in [2.05, 4.69) is 21.6 Å². The average molecular weight is 418 g/mol. The van der Waals surface area contributed by atoms with E-state index >= 15 is 0 Å². The Balaban J connectivity index is 1.45. The molecule has 0 atom stereocenters. The number of carbonyl (C=O) groups excluding carboxylic acids is 3. The number of hydrogen-bond acceptors (Lipinski definition) is 4. The molecule has 0 aromatic heterocycles. The van der Waals surface area contributed by atoms with Gasteiger partial charge in [0.15, 0.2) is 0 Å². The summed E-state index contributed by atoms with van der Waals surface area (Å²) in [6, 6.07) is 12.8. The number of imide groups is 1. The molecule has 7 nitrogen and oxygen atoms in total. The zero-order valence-corrected chi connectivity index (χ0v) is 17.8. The lowest BCUT2D eigenvalue weighted by Crippen LogP contribution is -2.38. The molecule has 2 heterocycles. The van der Waals surface area contributed by atoms with Crippen LogP contribution in [0.2, 0.25) is 0 Å². The molecule has 0 aliphatic carbocycles. The Morgan fingerprint density at radius 2 is 1.87 bits per heavy atom. The summed E-state index contributed by atoms with van der Waals surface area (Å²) in [6.45, 7) is 5.69. The number of aryl methyl sites for hydroxylation is 2. The second-order valence-corrected chi connectivity index (χ2v) is 8.03. The van der Waals surface area contributed by atoms with Gasteiger partial charge in [0, 0.05) is 24.5 Å². The predicted octanol–water partition coefficient (Wildman–Crippen LogP) is 3.44. The van der Waals surface area contributed by atoms with Crippen LogP contribution in [0.15, 0.2) is 48.2 Å². The van der Waals surface area contributed by atoms with Crippen molar-refractivity contribution >= 4 is 35.3 Å². The van der Waals surface area contributed by atoms with Crippen molar-refractivity contribution in [2.75, 3.05) is 29.9 Å². The van der Waals surface area contributed by atoms with Crippen molar-refractivity contribution in [3.05, 3.63) is 64.9 Å². The SMILES string of the molecule is Cc1cccc(NC(=O)CN2C(=O)NC(=Cc3ccc(N4CCCC4)cc3C)C2=O)c1. The lowest BCUT2D eigenvalue weighted by atomic mass is 10.1. The van der Waals surface area contributed by atoms with Crippen LogP contribution in [0, 0.1) is 13.8 Å². The summed E-state index contributed by atoms with van der Waals surface area (Å²) in [6.07, 6.45) is 4.08. The summed E-state index contributed by atoms with van der Waals surface area (Å²) in [7, 11) is 0. The Morgan fingerprint density at radius 3 is 2.58 bits per heavy atom. The molecule has 0 spiro atoms. The second-order valence-electron chi connectivity index (χ2n) is 8.03. The van der Waals surface area contributed by atoms with E-state index in [9.17, 15) is 14.4 Å². The van der Waals surface area contributed by atoms with Crippen molar-refractivity contribution in [1.82, 2.24) is 10.2 Å². The molecule has 2 fully saturated rings. The summed E-state index contributed by atoms with van der Waals surface area (Å²) in [4.78, 5) is 40.7. The molecule has 2 N–H and O–H groups in total. The molecule has 2 aliphatic heterocycles. The first-order valence-corrected chi connectivity index (χ1v) is 10.5. The van der Waals surface area contributed by atoms with Crippen molar-refractivity contribution in [1.29, 1.82) is 0 Å². The molecule has 2 aliphatic rings. The molecule has 0 unspecified atom stereocenters. The number of hydrogen-bond donors (Lipinski definition) is 2. The van der Waals surface area contributed by atoms with Gasteiger partial charge in [-0.2, -0.15) is 0 Å². The fourth-order valence-electron chi connectivity index (χ4n) is 3.93. The fourth-order valence-corrected chi connectivity index (χ4v) is 3.93. The van der Waals surface area contributed by atoms with Gasteiger partial charge in [-0.25, -0.2) is 9.69 Å². The molecule has 7 heteroatoms. The van der Waals surface area contributed by atoms with Crippen molar-refractivity contribution in [2.45, 2.75) is 26.7 Å². The van der Waals surface area contributed by atoms with Gasteiger partial charge in [-0.05, 0) is 73.7 Å². The van der Waals surface area contributed by atoms with E-state index in [4.69, 9.17) is 0 Å². The Labute approximate surface area is 181 Å². The molecule has 31 heavy (non-hydrogen) atoms. The van der Waals surface area contributed by atoms with Crippen LogP contribution in [-0.4, -0.2) is 42.4 Å². The summed E-state index contributed by atoms with van der Waals surface area (Å²) >= 11 is 0. The number of anilines is 2. The van der Waals surface area contributed by atoms with Crippen LogP contribution < -0.4 is 15.5 Å². The molecule has 2 saturated heterocycles. The maximum Gasteiger partial charge on any atom is 0.329 e. The maximum absolute atomic E-state index is 12.7. The summed E-state index contributed by atoms with van der Waals surface area (Å²) < 4.78 is 0. The number of benzene rings is 2. The molecule has 2 aromatic rings. The van der Waals surface area contributed by atoms with E-state index in [1.807, 2.05) is 44.2 Å². The highest BCUT2D eigenvalue weighted by atomic mass is 16.2. The van der Waals surface area contributed by atoms with Crippen LogP contribution in [0.3, 0.4) is 0 Å². The molecule has 0 saturated carbocycles. The largest absolute Gasteiger partial charge is 0.372 e. The second kappa shape index (κ2) is 8.63. The van der Waals surface area contributed by atoms with Gasteiger partial charge in [-0.3, -0.25) is 9.59 Å². The first-order valence-electron chi connectivity index (χ1n) is 10.5. The van der Waals surface area contributed by atoms with Gasteiger partial charge in [0.05, 0.1) is 0 Å². The standard InChI is InChI=1S/C24H26N4O3/c1-16-6-5-7-19(12-16)25-22(29)15-28-23(30)21(26-24(28)31)14-18-8-9-20(13-17(18)2)27-10-3-4-11-27/h5-9,12-14H,3-4,10-11,15H2,1-2H3,(H,25,29)(H,26,31). The number of urea groups is 1. The maximum atomic E-state index is 12.7. The predicted molar refractivity (Wildman–Crippen MR) is 121 cm³/mol. The minimum Gasteiger partial charge on any atom is -0.372 e. The summed E-state index contributed by atoms with van der Waals surface area (Å²) in [5, 5.41) is 5.31. The van der Waals surface area contributed by atoms with Crippen molar-refractivity contribution in [3.8, 4) is 0 Å². The van der Waals surface area contributed by atoms with Crippen LogP contribution in [0.1, 0.15) is 29.5 Å². The molecular formula is C24H26N4O3. The molecule has 4 rings (SSSR count). The first kappa shape index (κ1) is 20.7. The molecule has 0 bridgehead atoms. The van der Waals surface area contributed by atoms with Gasteiger partial charge in [0.25, 0.3) is 5.91 Å². The van der Waals surface area contributed by atoms with Crippen LogP contribution in [-0.2, 0) is 9.59 Å². The third-order valence-electron chi connectivity index (χ3n) is 5.59. The normalized spacial score (nSPS) is 17.4. The van der Waals surface area contributed by atoms with E-state index in [1.165, 1.54) is 18.5 Å². The lowest BCUT2D eigenvalue weighted by Gasteiger charge is -2.18. The van der Waals surface area contributed by atoms with E-state index in [0.717, 1.165) is 34.7 Å². The highest BCUT2D eigenvalue weighted by molar-refractivity contribution is 6.16. The lowest BCUT2D eigenvalue weighted by molar-refractivity contribution is -0.127. The minimum atomic E-state index is -0.595. The topological polar surface area (TPSA) is 81.8 Å². The van der Waals surface area contributed by atoms with Crippen molar-refractivity contribution < 1.29 is 14.4 Å². The highest BCUT2D eigenvalue weighted by Crippen LogP contribution is 2.25. The molecule has 2 aromatic carbocycles. The van der Waals surface area contributed by atoms with Gasteiger partial charge in [0.2, 0.25) is 5.91 Å². The summed E-state index contributed by atoms with van der Waals surface area (Å²) in [5.74, 6) is -0.936. The van der Waals surface area contributed by atoms with Crippen LogP contribution >= 0.6 is 0 Å². The monoisotopic (exact) mass is 418 g/mol. The Morgan fingerprint density at radius 1 is 1.10 bits per heavy atom. The van der Waals surface area contributed by atoms with Crippen molar-refractivity contribution in [2.24, 2.45) is 0 Å². The molecular weight excluding hydrogens is 392 g/mol. The Bertz CT molecular complexity index is 1070. The molecule has 0 radical (unpaired) electrons. The van der Waals surface area contributed by atoms with E-state index in [1.54, 1.807) is 12.1 Å². The van der Waals surface area contributed by atoms with E-state index < -0.39 is 17.8 Å². The number of amides is 4. The molecule has 4 amide bonds. The third kappa shape index (κ3) is 4.60. The Hall–Kier alpha value is -3.61. The van der Waals surface area contributed by atoms with Gasteiger partial charge in [-0.1, -0.05) is 18.2 Å². The minimum absolute atomic E-state index is 0.172. The highest BCUT2D eigenvalue weighted by Gasteiger charge is 2.35. The van der Waals surface area contributed by atoms with Gasteiger partial charge in [0.1, 0.15) is 12.2 Å². The smallest absolute Gasteiger partial charge is 0.329 e. The number of nitrogens with one attached hydrogen (secondary N) is 2. The number of carbonyl (C=O) groups is 3. The van der Waals surface area contributed by atoms with E-state index in [0.29, 0.717) is 5.69 Å². The summed E-state index contributed by atoms with van der Waals surface area (Å²) in [5.41, 5.74) is 4.86. The molecule has 160 valence electrons. The fraction of sp³-hybridized carbons (Fsp3) is 0.292. The van der Waals surface area contributed by atoms with Crippen molar-refractivity contribution in [3.63, 3.8) is 0 Å². The Kier molecular flexibility index (Phi) is 5.75. The number of nitrogens with zero attached hydrogens (tertiary/aromatic N) is 2. The average Bonchev–Trinajstić information content (AvgIpc) is 3.34. The first-order chi connectivity index (χ1) is 14.9. The quantitative estimate of drug-likeness (QED) is 0.576. The zero-order valence-electron chi connectivity index (χ0n) is 17.8. The van der Waals surface area contributed by atoms with Gasteiger partial charge in [-0.15, -0.1) is 0 Å². The van der Waals surface area contributed by atoms with Gasteiger partial charge >= 0.3 is 6.03 Å². The van der Waals surface area contributed by atoms with Crippen LogP contribution in [0.5, 0.6) is 0 Å². The zero-order chi connectivity index (χ0) is 22.0. The number of rotatable bonds is 5. The van der Waals surface area contributed by atoms with E-state index in [-0.39, 0.29) is 12.2 Å². The van der Waals surface area contributed by atoms with Crippen LogP contribution in [0.25, 0.3) is 6.08 Å². The third-order valence-corrected chi connectivity index (χ3v) is 5.59.